The number of benzene rings is 8. The van der Waals surface area contributed by atoms with Crippen LogP contribution in [0.5, 0.6) is 0 Å². The minimum absolute atomic E-state index is 0.636. The van der Waals surface area contributed by atoms with Crippen LogP contribution in [0.15, 0.2) is 188 Å². The molecule has 12 rings (SSSR count). The van der Waals surface area contributed by atoms with Gasteiger partial charge < -0.3 is 9.13 Å². The lowest BCUT2D eigenvalue weighted by molar-refractivity contribution is 1.08. The molecule has 0 saturated carbocycles. The molecule has 4 aromatic heterocycles. The fourth-order valence-electron chi connectivity index (χ4n) is 8.73. The lowest BCUT2D eigenvalue weighted by Crippen LogP contribution is -2.01. The molecule has 0 atom stereocenters. The molecule has 0 unspecified atom stereocenters. The molecule has 12 aromatic rings. The van der Waals surface area contributed by atoms with Crippen LogP contribution in [0.3, 0.4) is 0 Å². The molecule has 0 bridgehead atoms. The molecule has 5 nitrogen and oxygen atoms in total. The molecule has 266 valence electrons. The molecular formula is C51H31N5S. The average molecular weight is 746 g/mol. The van der Waals surface area contributed by atoms with E-state index >= 15 is 0 Å². The molecule has 0 saturated heterocycles. The summed E-state index contributed by atoms with van der Waals surface area (Å²) >= 11 is 1.80. The maximum Gasteiger partial charge on any atom is 0.164 e. The molecule has 0 aliphatic carbocycles. The van der Waals surface area contributed by atoms with Crippen LogP contribution in [0.25, 0.3) is 109 Å². The molecule has 0 radical (unpaired) electrons. The van der Waals surface area contributed by atoms with Crippen molar-refractivity contribution >= 4 is 75.1 Å². The highest BCUT2D eigenvalue weighted by molar-refractivity contribution is 7.25. The summed E-state index contributed by atoms with van der Waals surface area (Å²) in [6, 6.07) is 66.5. The summed E-state index contributed by atoms with van der Waals surface area (Å²) in [5.41, 5.74) is 9.56. The molecule has 0 fully saturated rings. The minimum atomic E-state index is 0.636. The number of hydrogen-bond acceptors (Lipinski definition) is 4. The summed E-state index contributed by atoms with van der Waals surface area (Å²) in [7, 11) is 0. The Kier molecular flexibility index (Phi) is 7.03. The van der Waals surface area contributed by atoms with Crippen LogP contribution in [0, 0.1) is 0 Å². The van der Waals surface area contributed by atoms with Gasteiger partial charge in [0, 0.05) is 69.8 Å². The number of rotatable bonds is 5. The number of thiophene rings is 1. The van der Waals surface area contributed by atoms with E-state index in [9.17, 15) is 0 Å². The number of nitrogens with zero attached hydrogens (tertiary/aromatic N) is 5. The van der Waals surface area contributed by atoms with E-state index in [2.05, 4.69) is 197 Å². The molecule has 4 heterocycles. The van der Waals surface area contributed by atoms with Crippen LogP contribution in [-0.4, -0.2) is 24.1 Å². The quantitative estimate of drug-likeness (QED) is 0.176. The van der Waals surface area contributed by atoms with Crippen molar-refractivity contribution < 1.29 is 0 Å². The van der Waals surface area contributed by atoms with E-state index < -0.39 is 0 Å². The van der Waals surface area contributed by atoms with Gasteiger partial charge in [0.2, 0.25) is 0 Å². The lowest BCUT2D eigenvalue weighted by atomic mass is 10.0. The van der Waals surface area contributed by atoms with E-state index in [1.807, 2.05) is 0 Å². The number of aromatic nitrogens is 5. The summed E-state index contributed by atoms with van der Waals surface area (Å²) in [4.78, 5) is 16.2. The lowest BCUT2D eigenvalue weighted by Gasteiger charge is -2.12. The zero-order valence-electron chi connectivity index (χ0n) is 30.5. The Hall–Kier alpha value is -7.41. The van der Waals surface area contributed by atoms with Crippen molar-refractivity contribution in [3.8, 4) is 45.5 Å². The smallest absolute Gasteiger partial charge is 0.164 e. The van der Waals surface area contributed by atoms with Gasteiger partial charge in [0.05, 0.1) is 22.1 Å². The maximum absolute atomic E-state index is 5.44. The number of para-hydroxylation sites is 4. The van der Waals surface area contributed by atoms with Crippen molar-refractivity contribution in [2.75, 3.05) is 0 Å². The van der Waals surface area contributed by atoms with Gasteiger partial charge in [-0.1, -0.05) is 127 Å². The molecule has 57 heavy (non-hydrogen) atoms. The number of fused-ring (bicyclic) bond motifs is 9. The molecule has 8 aromatic carbocycles. The first kappa shape index (κ1) is 31.9. The summed E-state index contributed by atoms with van der Waals surface area (Å²) in [5.74, 6) is 1.91. The van der Waals surface area contributed by atoms with Gasteiger partial charge in [-0.3, -0.25) is 0 Å². The standard InChI is InChI=1S/C51H31N5S/c1-3-15-33(16-4-1)55-41-24-10-7-20-37(41)47-39(22-13-26-43(47)55)50-52-49(32-29-30-36-35-19-9-12-28-45(35)57-46(36)31-32)53-51(54-50)40-23-14-27-44-48(40)38-21-8-11-25-42(38)56(44)34-17-5-2-6-18-34/h1-31H. The van der Waals surface area contributed by atoms with Crippen LogP contribution < -0.4 is 0 Å². The van der Waals surface area contributed by atoms with Crippen LogP contribution >= 0.6 is 11.3 Å². The van der Waals surface area contributed by atoms with Crippen molar-refractivity contribution in [1.29, 1.82) is 0 Å². The predicted molar refractivity (Wildman–Crippen MR) is 238 cm³/mol. The molecule has 0 aliphatic heterocycles. The Balaban J connectivity index is 1.16. The highest BCUT2D eigenvalue weighted by Crippen LogP contribution is 2.42. The second-order valence-corrected chi connectivity index (χ2v) is 15.5. The van der Waals surface area contributed by atoms with E-state index in [1.54, 1.807) is 11.3 Å². The van der Waals surface area contributed by atoms with Gasteiger partial charge in [0.15, 0.2) is 17.5 Å². The van der Waals surface area contributed by atoms with Crippen molar-refractivity contribution in [2.45, 2.75) is 0 Å². The average Bonchev–Trinajstić information content (AvgIpc) is 3.94. The van der Waals surface area contributed by atoms with Gasteiger partial charge in [-0.05, 0) is 60.7 Å². The zero-order valence-corrected chi connectivity index (χ0v) is 31.4. The topological polar surface area (TPSA) is 48.5 Å². The van der Waals surface area contributed by atoms with Gasteiger partial charge >= 0.3 is 0 Å². The minimum Gasteiger partial charge on any atom is -0.309 e. The summed E-state index contributed by atoms with van der Waals surface area (Å²) < 4.78 is 7.15. The summed E-state index contributed by atoms with van der Waals surface area (Å²) in [6.07, 6.45) is 0. The fourth-order valence-corrected chi connectivity index (χ4v) is 9.88. The Labute approximate surface area is 331 Å². The van der Waals surface area contributed by atoms with E-state index in [1.165, 1.54) is 20.2 Å². The second-order valence-electron chi connectivity index (χ2n) is 14.4. The van der Waals surface area contributed by atoms with E-state index in [0.717, 1.165) is 71.7 Å². The first-order valence-corrected chi connectivity index (χ1v) is 19.9. The van der Waals surface area contributed by atoms with Gasteiger partial charge in [-0.15, -0.1) is 11.3 Å². The van der Waals surface area contributed by atoms with Crippen LogP contribution in [0.2, 0.25) is 0 Å². The zero-order chi connectivity index (χ0) is 37.5. The molecule has 0 amide bonds. The Morgan fingerprint density at radius 2 is 0.789 bits per heavy atom. The first-order chi connectivity index (χ1) is 28.3. The van der Waals surface area contributed by atoms with Gasteiger partial charge in [0.1, 0.15) is 0 Å². The van der Waals surface area contributed by atoms with Gasteiger partial charge in [0.25, 0.3) is 0 Å². The van der Waals surface area contributed by atoms with Crippen molar-refractivity contribution in [3.05, 3.63) is 188 Å². The van der Waals surface area contributed by atoms with Crippen LogP contribution in [0.4, 0.5) is 0 Å². The van der Waals surface area contributed by atoms with Gasteiger partial charge in [-0.2, -0.15) is 0 Å². The molecule has 0 spiro atoms. The highest BCUT2D eigenvalue weighted by atomic mass is 32.1. The molecule has 6 heteroatoms. The predicted octanol–water partition coefficient (Wildman–Crippen LogP) is 13.4. The Bertz CT molecular complexity index is 3350. The molecule has 0 aliphatic rings. The van der Waals surface area contributed by atoms with Crippen molar-refractivity contribution in [1.82, 2.24) is 24.1 Å². The van der Waals surface area contributed by atoms with E-state index in [0.29, 0.717) is 17.5 Å². The normalized spacial score (nSPS) is 11.9. The number of hydrogen-bond donors (Lipinski definition) is 0. The summed E-state index contributed by atoms with van der Waals surface area (Å²) in [5, 5.41) is 7.03. The largest absolute Gasteiger partial charge is 0.309 e. The second kappa shape index (κ2) is 12.6. The highest BCUT2D eigenvalue weighted by Gasteiger charge is 2.22. The third kappa shape index (κ3) is 4.91. The van der Waals surface area contributed by atoms with E-state index in [4.69, 9.17) is 15.0 Å². The van der Waals surface area contributed by atoms with Crippen LogP contribution in [-0.2, 0) is 0 Å². The molecular weight excluding hydrogens is 715 g/mol. The third-order valence-electron chi connectivity index (χ3n) is 11.2. The van der Waals surface area contributed by atoms with Gasteiger partial charge in [-0.25, -0.2) is 15.0 Å². The fraction of sp³-hybridized carbons (Fsp3) is 0. The van der Waals surface area contributed by atoms with Crippen molar-refractivity contribution in [3.63, 3.8) is 0 Å². The SMILES string of the molecule is c1ccc(-n2c3ccccc3c3c(-c4nc(-c5ccc6c(c5)sc5ccccc56)nc(-c5cccc6c5c5ccccc5n6-c5ccccc5)n4)cccc32)cc1. The van der Waals surface area contributed by atoms with Crippen molar-refractivity contribution in [2.24, 2.45) is 0 Å². The monoisotopic (exact) mass is 745 g/mol. The molecule has 0 N–H and O–H groups in total. The summed E-state index contributed by atoms with van der Waals surface area (Å²) in [6.45, 7) is 0. The Morgan fingerprint density at radius 1 is 0.333 bits per heavy atom. The van der Waals surface area contributed by atoms with Crippen LogP contribution in [0.1, 0.15) is 0 Å². The van der Waals surface area contributed by atoms with E-state index in [-0.39, 0.29) is 0 Å². The Morgan fingerprint density at radius 3 is 1.37 bits per heavy atom. The first-order valence-electron chi connectivity index (χ1n) is 19.1. The third-order valence-corrected chi connectivity index (χ3v) is 12.3. The maximum atomic E-state index is 5.44.